The molecule has 5 nitrogen and oxygen atoms in total. The van der Waals surface area contributed by atoms with Gasteiger partial charge < -0.3 is 4.90 Å². The van der Waals surface area contributed by atoms with Crippen LogP contribution in [0.15, 0.2) is 23.1 Å². The topological polar surface area (TPSA) is 57.7 Å². The van der Waals surface area contributed by atoms with Gasteiger partial charge in [-0.25, -0.2) is 8.42 Å². The lowest BCUT2D eigenvalue weighted by Crippen LogP contribution is -2.42. The Kier molecular flexibility index (Phi) is 4.15. The first-order chi connectivity index (χ1) is 11.9. The lowest BCUT2D eigenvalue weighted by molar-refractivity contribution is -0.116. The van der Waals surface area contributed by atoms with Gasteiger partial charge in [-0.3, -0.25) is 4.79 Å². The van der Waals surface area contributed by atoms with E-state index in [1.54, 1.807) is 21.3 Å². The van der Waals surface area contributed by atoms with Gasteiger partial charge in [-0.05, 0) is 56.2 Å². The Bertz CT molecular complexity index is 805. The van der Waals surface area contributed by atoms with Crippen LogP contribution in [0.3, 0.4) is 0 Å². The number of amides is 1. The predicted octanol–water partition coefficient (Wildman–Crippen LogP) is 2.94. The molecule has 0 spiro atoms. The van der Waals surface area contributed by atoms with Crippen molar-refractivity contribution in [2.75, 3.05) is 11.4 Å². The summed E-state index contributed by atoms with van der Waals surface area (Å²) < 4.78 is 28.6. The maximum Gasteiger partial charge on any atom is 0.243 e. The van der Waals surface area contributed by atoms with Gasteiger partial charge in [-0.1, -0.05) is 18.9 Å². The summed E-state index contributed by atoms with van der Waals surface area (Å²) in [4.78, 5) is 13.8. The molecule has 1 aromatic carbocycles. The van der Waals surface area contributed by atoms with Gasteiger partial charge in [0.25, 0.3) is 0 Å². The molecule has 2 fully saturated rings. The Morgan fingerprint density at radius 2 is 1.96 bits per heavy atom. The van der Waals surface area contributed by atoms with Crippen molar-refractivity contribution in [3.8, 4) is 0 Å². The first-order valence-electron chi connectivity index (χ1n) is 9.34. The summed E-state index contributed by atoms with van der Waals surface area (Å²) in [5.41, 5.74) is 1.82. The molecule has 0 aromatic heterocycles. The standard InChI is InChI=1S/C19H26N2O3S/c1-13-11-16-5-3-4-6-18(16)21(13)25(23,24)17-8-7-15-9-10-20(14(2)22)19(15)12-17/h7-8,12-13,16,18H,3-6,9-11H2,1-2H3/t13-,16-,18-/m1/s1. The Balaban J connectivity index is 1.71. The van der Waals surface area contributed by atoms with Crippen molar-refractivity contribution in [3.63, 3.8) is 0 Å². The van der Waals surface area contributed by atoms with Crippen molar-refractivity contribution in [3.05, 3.63) is 23.8 Å². The van der Waals surface area contributed by atoms with Crippen molar-refractivity contribution in [1.29, 1.82) is 0 Å². The number of benzene rings is 1. The molecule has 25 heavy (non-hydrogen) atoms. The van der Waals surface area contributed by atoms with E-state index in [-0.39, 0.29) is 18.0 Å². The molecule has 1 aliphatic carbocycles. The predicted molar refractivity (Wildman–Crippen MR) is 97.0 cm³/mol. The monoisotopic (exact) mass is 362 g/mol. The number of hydrogen-bond donors (Lipinski definition) is 0. The largest absolute Gasteiger partial charge is 0.312 e. The molecular weight excluding hydrogens is 336 g/mol. The van der Waals surface area contributed by atoms with Crippen molar-refractivity contribution in [1.82, 2.24) is 4.31 Å². The number of hydrogen-bond acceptors (Lipinski definition) is 3. The van der Waals surface area contributed by atoms with Gasteiger partial charge in [0.1, 0.15) is 0 Å². The van der Waals surface area contributed by atoms with E-state index in [0.29, 0.717) is 17.4 Å². The van der Waals surface area contributed by atoms with E-state index in [2.05, 4.69) is 0 Å². The molecule has 3 aliphatic rings. The molecule has 1 saturated heterocycles. The van der Waals surface area contributed by atoms with E-state index >= 15 is 0 Å². The summed E-state index contributed by atoms with van der Waals surface area (Å²) in [6.45, 7) is 4.20. The number of carbonyl (C=O) groups excluding carboxylic acids is 1. The summed E-state index contributed by atoms with van der Waals surface area (Å²) in [6, 6.07) is 5.51. The Morgan fingerprint density at radius 1 is 1.20 bits per heavy atom. The lowest BCUT2D eigenvalue weighted by Gasteiger charge is -2.32. The zero-order valence-electron chi connectivity index (χ0n) is 14.9. The number of anilines is 1. The molecule has 1 saturated carbocycles. The molecule has 136 valence electrons. The minimum Gasteiger partial charge on any atom is -0.312 e. The third-order valence-electron chi connectivity index (χ3n) is 6.18. The van der Waals surface area contributed by atoms with E-state index in [1.807, 2.05) is 13.0 Å². The second-order valence-electron chi connectivity index (χ2n) is 7.74. The first-order valence-corrected chi connectivity index (χ1v) is 10.8. The van der Waals surface area contributed by atoms with E-state index in [0.717, 1.165) is 43.4 Å². The van der Waals surface area contributed by atoms with Crippen LogP contribution in [-0.4, -0.2) is 37.3 Å². The smallest absolute Gasteiger partial charge is 0.243 e. The summed E-state index contributed by atoms with van der Waals surface area (Å²) in [6.07, 6.45) is 6.20. The van der Waals surface area contributed by atoms with Crippen LogP contribution in [0.25, 0.3) is 0 Å². The molecule has 0 N–H and O–H groups in total. The fraction of sp³-hybridized carbons (Fsp3) is 0.632. The van der Waals surface area contributed by atoms with Crippen LogP contribution >= 0.6 is 0 Å². The summed E-state index contributed by atoms with van der Waals surface area (Å²) in [5, 5.41) is 0. The lowest BCUT2D eigenvalue weighted by atomic mass is 9.85. The molecule has 0 radical (unpaired) electrons. The number of rotatable bonds is 2. The maximum atomic E-state index is 13.4. The zero-order chi connectivity index (χ0) is 17.8. The van der Waals surface area contributed by atoms with E-state index in [4.69, 9.17) is 0 Å². The van der Waals surface area contributed by atoms with Crippen molar-refractivity contribution in [2.24, 2.45) is 5.92 Å². The molecule has 2 aliphatic heterocycles. The third-order valence-corrected chi connectivity index (χ3v) is 8.22. The SMILES string of the molecule is CC(=O)N1CCc2ccc(S(=O)(=O)N3[C@H](C)C[C@H]4CCCC[C@H]43)cc21. The molecule has 6 heteroatoms. The molecule has 3 atom stereocenters. The highest BCUT2D eigenvalue weighted by Crippen LogP contribution is 2.43. The Morgan fingerprint density at radius 3 is 2.72 bits per heavy atom. The van der Waals surface area contributed by atoms with Crippen LogP contribution in [0.2, 0.25) is 0 Å². The van der Waals surface area contributed by atoms with Crippen molar-refractivity contribution < 1.29 is 13.2 Å². The average Bonchev–Trinajstić information content (AvgIpc) is 3.14. The third kappa shape index (κ3) is 2.70. The number of sulfonamides is 1. The number of fused-ring (bicyclic) bond motifs is 2. The van der Waals surface area contributed by atoms with Crippen LogP contribution in [0, 0.1) is 5.92 Å². The quantitative estimate of drug-likeness (QED) is 0.813. The van der Waals surface area contributed by atoms with Gasteiger partial charge in [0, 0.05) is 31.2 Å². The fourth-order valence-corrected chi connectivity index (χ4v) is 6.99. The number of nitrogens with zero attached hydrogens (tertiary/aromatic N) is 2. The van der Waals surface area contributed by atoms with Gasteiger partial charge in [0.2, 0.25) is 15.9 Å². The summed E-state index contributed by atoms with van der Waals surface area (Å²) in [7, 11) is -3.53. The molecular formula is C19H26N2O3S. The van der Waals surface area contributed by atoms with Crippen LogP contribution in [0.1, 0.15) is 51.5 Å². The average molecular weight is 362 g/mol. The van der Waals surface area contributed by atoms with E-state index < -0.39 is 10.0 Å². The van der Waals surface area contributed by atoms with Gasteiger partial charge in [0.05, 0.1) is 4.90 Å². The van der Waals surface area contributed by atoms with Gasteiger partial charge in [-0.15, -0.1) is 0 Å². The maximum absolute atomic E-state index is 13.4. The highest BCUT2D eigenvalue weighted by atomic mass is 32.2. The highest BCUT2D eigenvalue weighted by Gasteiger charge is 2.46. The molecule has 1 amide bonds. The minimum atomic E-state index is -3.53. The van der Waals surface area contributed by atoms with Crippen LogP contribution < -0.4 is 4.90 Å². The van der Waals surface area contributed by atoms with Gasteiger partial charge in [0.15, 0.2) is 0 Å². The molecule has 2 heterocycles. The normalized spacial score (nSPS) is 29.5. The summed E-state index contributed by atoms with van der Waals surface area (Å²) >= 11 is 0. The molecule has 1 aromatic rings. The Labute approximate surface area is 150 Å². The van der Waals surface area contributed by atoms with E-state index in [9.17, 15) is 13.2 Å². The summed E-state index contributed by atoms with van der Waals surface area (Å²) in [5.74, 6) is 0.469. The highest BCUT2D eigenvalue weighted by molar-refractivity contribution is 7.89. The zero-order valence-corrected chi connectivity index (χ0v) is 15.8. The van der Waals surface area contributed by atoms with Crippen LogP contribution in [0.4, 0.5) is 5.69 Å². The van der Waals surface area contributed by atoms with Crippen molar-refractivity contribution >= 4 is 21.6 Å². The molecule has 0 unspecified atom stereocenters. The second-order valence-corrected chi connectivity index (χ2v) is 9.59. The molecule has 4 rings (SSSR count). The van der Waals surface area contributed by atoms with E-state index in [1.165, 1.54) is 13.3 Å². The van der Waals surface area contributed by atoms with Crippen LogP contribution in [0.5, 0.6) is 0 Å². The van der Waals surface area contributed by atoms with Crippen LogP contribution in [-0.2, 0) is 21.2 Å². The number of carbonyl (C=O) groups is 1. The Hall–Kier alpha value is -1.40. The second kappa shape index (κ2) is 6.09. The molecule has 0 bridgehead atoms. The minimum absolute atomic E-state index is 0.0322. The first kappa shape index (κ1) is 17.0. The van der Waals surface area contributed by atoms with Gasteiger partial charge in [-0.2, -0.15) is 4.31 Å². The van der Waals surface area contributed by atoms with Gasteiger partial charge >= 0.3 is 0 Å². The fourth-order valence-electron chi connectivity index (χ4n) is 5.05. The van der Waals surface area contributed by atoms with Crippen molar-refractivity contribution in [2.45, 2.75) is 69.4 Å².